The Morgan fingerprint density at radius 2 is 1.90 bits per heavy atom. The minimum absolute atomic E-state index is 0.0480. The van der Waals surface area contributed by atoms with Crippen LogP contribution in [0.2, 0.25) is 0 Å². The van der Waals surface area contributed by atoms with Crippen LogP contribution in [-0.4, -0.2) is 54.9 Å². The van der Waals surface area contributed by atoms with E-state index in [4.69, 9.17) is 4.74 Å². The quantitative estimate of drug-likeness (QED) is 0.729. The first kappa shape index (κ1) is 19.4. The van der Waals surface area contributed by atoms with Crippen LogP contribution in [0.5, 0.6) is 5.75 Å². The largest absolute Gasteiger partial charge is 0.497 e. The van der Waals surface area contributed by atoms with Gasteiger partial charge >= 0.3 is 0 Å². The molecule has 6 nitrogen and oxygen atoms in total. The zero-order valence-electron chi connectivity index (χ0n) is 16.8. The van der Waals surface area contributed by atoms with Crippen LogP contribution in [0.15, 0.2) is 42.6 Å². The van der Waals surface area contributed by atoms with Crippen LogP contribution in [0.1, 0.15) is 46.4 Å². The number of piperidine rings is 1. The van der Waals surface area contributed by atoms with Crippen molar-refractivity contribution in [3.05, 3.63) is 53.7 Å². The van der Waals surface area contributed by atoms with E-state index >= 15 is 0 Å². The van der Waals surface area contributed by atoms with E-state index in [0.29, 0.717) is 29.2 Å². The molecule has 2 aliphatic heterocycles. The Balaban J connectivity index is 1.54. The van der Waals surface area contributed by atoms with Gasteiger partial charge < -0.3 is 14.5 Å². The van der Waals surface area contributed by atoms with Crippen LogP contribution >= 0.6 is 0 Å². The van der Waals surface area contributed by atoms with Crippen LogP contribution in [0.4, 0.5) is 5.82 Å². The van der Waals surface area contributed by atoms with E-state index in [1.54, 1.807) is 19.4 Å². The van der Waals surface area contributed by atoms with E-state index in [9.17, 15) is 9.59 Å². The highest BCUT2D eigenvalue weighted by Crippen LogP contribution is 2.28. The standard InChI is InChI=1S/C23H27N3O3/c1-29-19-9-4-7-17(15-19)21(27)18-8-6-14-26(16-18)22-20(10-5-11-24-22)23(28)25-12-2-3-13-25/h4-5,7,9-11,15,18H,2-3,6,8,12-14,16H2,1H3. The number of likely N-dealkylation sites (tertiary alicyclic amines) is 1. The number of nitrogens with zero attached hydrogens (tertiary/aromatic N) is 3. The van der Waals surface area contributed by atoms with E-state index in [2.05, 4.69) is 9.88 Å². The maximum atomic E-state index is 13.1. The lowest BCUT2D eigenvalue weighted by Crippen LogP contribution is -2.40. The minimum atomic E-state index is -0.118. The topological polar surface area (TPSA) is 62.7 Å². The molecule has 6 heteroatoms. The molecule has 152 valence electrons. The number of hydrogen-bond donors (Lipinski definition) is 0. The zero-order valence-corrected chi connectivity index (χ0v) is 16.8. The number of aromatic nitrogens is 1. The van der Waals surface area contributed by atoms with Crippen molar-refractivity contribution >= 4 is 17.5 Å². The third-order valence-electron chi connectivity index (χ3n) is 5.86. The van der Waals surface area contributed by atoms with Gasteiger partial charge in [-0.15, -0.1) is 0 Å². The Morgan fingerprint density at radius 3 is 2.69 bits per heavy atom. The van der Waals surface area contributed by atoms with Crippen molar-refractivity contribution in [1.82, 2.24) is 9.88 Å². The number of ketones is 1. The monoisotopic (exact) mass is 393 g/mol. The summed E-state index contributed by atoms with van der Waals surface area (Å²) in [6.07, 6.45) is 5.58. The van der Waals surface area contributed by atoms with Crippen molar-refractivity contribution in [3.63, 3.8) is 0 Å². The molecule has 0 N–H and O–H groups in total. The van der Waals surface area contributed by atoms with Gasteiger partial charge in [-0.1, -0.05) is 12.1 Å². The fourth-order valence-corrected chi connectivity index (χ4v) is 4.30. The Bertz CT molecular complexity index is 892. The molecule has 2 aliphatic rings. The number of benzene rings is 1. The molecule has 1 atom stereocenters. The molecule has 0 radical (unpaired) electrons. The number of ether oxygens (including phenoxy) is 1. The molecule has 4 rings (SSSR count). The molecule has 2 aromatic rings. The normalized spacial score (nSPS) is 19.3. The molecular weight excluding hydrogens is 366 g/mol. The van der Waals surface area contributed by atoms with Crippen LogP contribution in [0.3, 0.4) is 0 Å². The first-order valence-electron chi connectivity index (χ1n) is 10.3. The summed E-state index contributed by atoms with van der Waals surface area (Å²) >= 11 is 0. The molecule has 1 aromatic heterocycles. The maximum absolute atomic E-state index is 13.1. The number of pyridine rings is 1. The van der Waals surface area contributed by atoms with Crippen LogP contribution in [0, 0.1) is 5.92 Å². The Morgan fingerprint density at radius 1 is 1.07 bits per heavy atom. The van der Waals surface area contributed by atoms with E-state index < -0.39 is 0 Å². The van der Waals surface area contributed by atoms with Crippen molar-refractivity contribution in [2.24, 2.45) is 5.92 Å². The molecule has 0 spiro atoms. The highest BCUT2D eigenvalue weighted by atomic mass is 16.5. The highest BCUT2D eigenvalue weighted by Gasteiger charge is 2.30. The van der Waals surface area contributed by atoms with Crippen molar-refractivity contribution in [3.8, 4) is 5.75 Å². The lowest BCUT2D eigenvalue weighted by Gasteiger charge is -2.34. The van der Waals surface area contributed by atoms with E-state index in [0.717, 1.165) is 45.3 Å². The maximum Gasteiger partial charge on any atom is 0.257 e. The number of carbonyl (C=O) groups is 2. The molecule has 1 unspecified atom stereocenters. The van der Waals surface area contributed by atoms with E-state index in [1.165, 1.54) is 0 Å². The molecule has 29 heavy (non-hydrogen) atoms. The van der Waals surface area contributed by atoms with E-state index in [1.807, 2.05) is 35.2 Å². The first-order chi connectivity index (χ1) is 14.2. The summed E-state index contributed by atoms with van der Waals surface area (Å²) in [6, 6.07) is 11.0. The molecule has 0 aliphatic carbocycles. The highest BCUT2D eigenvalue weighted by molar-refractivity contribution is 6.00. The van der Waals surface area contributed by atoms with Gasteiger partial charge in [0.05, 0.1) is 12.7 Å². The number of amides is 1. The van der Waals surface area contributed by atoms with Gasteiger partial charge in [-0.2, -0.15) is 0 Å². The van der Waals surface area contributed by atoms with Crippen LogP contribution < -0.4 is 9.64 Å². The average molecular weight is 393 g/mol. The third-order valence-corrected chi connectivity index (χ3v) is 5.86. The summed E-state index contributed by atoms with van der Waals surface area (Å²) in [5, 5.41) is 0. The number of Topliss-reactive ketones (excluding diaryl/α,β-unsaturated/α-hetero) is 1. The molecule has 2 saturated heterocycles. The zero-order chi connectivity index (χ0) is 20.2. The molecular formula is C23H27N3O3. The van der Waals surface area contributed by atoms with Crippen molar-refractivity contribution in [2.75, 3.05) is 38.2 Å². The smallest absolute Gasteiger partial charge is 0.257 e. The summed E-state index contributed by atoms with van der Waals surface area (Å²) in [7, 11) is 1.60. The SMILES string of the molecule is COc1cccc(C(=O)C2CCCN(c3ncccc3C(=O)N3CCCC3)C2)c1. The fourth-order valence-electron chi connectivity index (χ4n) is 4.30. The van der Waals surface area contributed by atoms with E-state index in [-0.39, 0.29) is 17.6 Å². The van der Waals surface area contributed by atoms with Crippen LogP contribution in [0.25, 0.3) is 0 Å². The third kappa shape index (κ3) is 4.11. The lowest BCUT2D eigenvalue weighted by molar-refractivity contribution is 0.0793. The number of carbonyl (C=O) groups excluding carboxylic acids is 2. The van der Waals surface area contributed by atoms with Crippen LogP contribution in [-0.2, 0) is 0 Å². The average Bonchev–Trinajstić information content (AvgIpc) is 3.33. The second-order valence-electron chi connectivity index (χ2n) is 7.76. The van der Waals surface area contributed by atoms with Gasteiger partial charge in [-0.05, 0) is 49.9 Å². The Hall–Kier alpha value is -2.89. The van der Waals surface area contributed by atoms with Gasteiger partial charge in [0.15, 0.2) is 5.78 Å². The lowest BCUT2D eigenvalue weighted by atomic mass is 9.89. The van der Waals surface area contributed by atoms with Crippen molar-refractivity contribution in [1.29, 1.82) is 0 Å². The summed E-state index contributed by atoms with van der Waals surface area (Å²) in [4.78, 5) is 34.6. The second kappa shape index (κ2) is 8.64. The fraction of sp³-hybridized carbons (Fsp3) is 0.435. The van der Waals surface area contributed by atoms with Gasteiger partial charge in [0.2, 0.25) is 0 Å². The molecule has 3 heterocycles. The number of anilines is 1. The first-order valence-corrected chi connectivity index (χ1v) is 10.3. The van der Waals surface area contributed by atoms with Gasteiger partial charge in [0.1, 0.15) is 11.6 Å². The van der Waals surface area contributed by atoms with Gasteiger partial charge in [0, 0.05) is 43.9 Å². The van der Waals surface area contributed by atoms with Gasteiger partial charge in [-0.25, -0.2) is 4.98 Å². The summed E-state index contributed by atoms with van der Waals surface area (Å²) < 4.78 is 5.26. The summed E-state index contributed by atoms with van der Waals surface area (Å²) in [5.74, 6) is 1.44. The Labute approximate surface area is 171 Å². The number of hydrogen-bond acceptors (Lipinski definition) is 5. The minimum Gasteiger partial charge on any atom is -0.497 e. The molecule has 0 bridgehead atoms. The molecule has 1 aromatic carbocycles. The Kier molecular flexibility index (Phi) is 5.79. The molecule has 1 amide bonds. The van der Waals surface area contributed by atoms with Crippen molar-refractivity contribution < 1.29 is 14.3 Å². The molecule has 0 saturated carbocycles. The summed E-state index contributed by atoms with van der Waals surface area (Å²) in [5.41, 5.74) is 1.31. The van der Waals surface area contributed by atoms with Gasteiger partial charge in [0.25, 0.3) is 5.91 Å². The summed E-state index contributed by atoms with van der Waals surface area (Å²) in [6.45, 7) is 3.00. The second-order valence-corrected chi connectivity index (χ2v) is 7.76. The predicted molar refractivity (Wildman–Crippen MR) is 112 cm³/mol. The van der Waals surface area contributed by atoms with Gasteiger partial charge in [-0.3, -0.25) is 9.59 Å². The number of methoxy groups -OCH3 is 1. The predicted octanol–water partition coefficient (Wildman–Crippen LogP) is 3.43. The number of rotatable bonds is 5. The van der Waals surface area contributed by atoms with Crippen molar-refractivity contribution in [2.45, 2.75) is 25.7 Å². The molecule has 2 fully saturated rings.